The van der Waals surface area contributed by atoms with Crippen LogP contribution in [0, 0.1) is 40.7 Å². The van der Waals surface area contributed by atoms with Crippen LogP contribution in [0.4, 0.5) is 32.2 Å². The molecule has 54 heavy (non-hydrogen) atoms. The topological polar surface area (TPSA) is 148 Å². The van der Waals surface area contributed by atoms with E-state index >= 15 is 8.78 Å². The molecule has 4 N–H and O–H groups in total. The first-order chi connectivity index (χ1) is 25.4. The standard InChI is InChI=1S/C38H34F6N8O2/c1-5-21-15-27-32(35(41)42)49-52(34(27)38(21,43)44)18-29(53)48-28(14-19-12-22(39)16-23(40)13-19)31-25(9-7-24(47-31)10-11-37(2,3)54)26-8-6-20(17-45)30-33(26)51(4)50-36(30)46/h6-9,12-13,16,21,28,35,54H,5,14-15,18H2,1-4H3,(H2,46,50)(H,48,53). The van der Waals surface area contributed by atoms with Gasteiger partial charge >= 0.3 is 0 Å². The second kappa shape index (κ2) is 14.2. The van der Waals surface area contributed by atoms with Crippen LogP contribution in [-0.4, -0.2) is 41.2 Å². The van der Waals surface area contributed by atoms with Crippen LogP contribution in [0.3, 0.4) is 0 Å². The van der Waals surface area contributed by atoms with Crippen molar-refractivity contribution in [3.05, 3.63) is 93.6 Å². The first-order valence-electron chi connectivity index (χ1n) is 16.8. The number of carbonyl (C=O) groups is 1. The van der Waals surface area contributed by atoms with Gasteiger partial charge in [0.1, 0.15) is 40.9 Å². The number of nitriles is 1. The second-order valence-electron chi connectivity index (χ2n) is 13.6. The molecule has 1 aliphatic rings. The fourth-order valence-electron chi connectivity index (χ4n) is 6.92. The number of halogens is 6. The molecule has 3 heterocycles. The van der Waals surface area contributed by atoms with Gasteiger partial charge in [0.2, 0.25) is 5.91 Å². The molecule has 10 nitrogen and oxygen atoms in total. The predicted octanol–water partition coefficient (Wildman–Crippen LogP) is 6.40. The number of nitrogens with two attached hydrogens (primary N) is 1. The largest absolute Gasteiger partial charge is 0.382 e. The van der Waals surface area contributed by atoms with E-state index in [1.54, 1.807) is 19.2 Å². The van der Waals surface area contributed by atoms with Gasteiger partial charge in [0.05, 0.1) is 34.3 Å². The first-order valence-corrected chi connectivity index (χ1v) is 16.8. The highest BCUT2D eigenvalue weighted by Gasteiger charge is 2.52. The molecule has 0 radical (unpaired) electrons. The van der Waals surface area contributed by atoms with Crippen LogP contribution in [0.2, 0.25) is 0 Å². The Bertz CT molecular complexity index is 2380. The maximum absolute atomic E-state index is 15.6. The minimum atomic E-state index is -3.54. The van der Waals surface area contributed by atoms with E-state index in [2.05, 4.69) is 33.4 Å². The van der Waals surface area contributed by atoms with Gasteiger partial charge in [-0.15, -0.1) is 0 Å². The third-order valence-corrected chi connectivity index (χ3v) is 9.23. The molecule has 6 rings (SSSR count). The quantitative estimate of drug-likeness (QED) is 0.117. The zero-order valence-electron chi connectivity index (χ0n) is 29.5. The maximum Gasteiger partial charge on any atom is 0.292 e. The Morgan fingerprint density at radius 2 is 1.80 bits per heavy atom. The molecule has 0 aliphatic heterocycles. The summed E-state index contributed by atoms with van der Waals surface area (Å²) in [4.78, 5) is 18.6. The van der Waals surface area contributed by atoms with Gasteiger partial charge in [-0.05, 0) is 74.9 Å². The highest BCUT2D eigenvalue weighted by molar-refractivity contribution is 6.03. The summed E-state index contributed by atoms with van der Waals surface area (Å²) in [6, 6.07) is 9.83. The molecular formula is C38H34F6N8O2. The molecule has 1 aliphatic carbocycles. The lowest BCUT2D eigenvalue weighted by atomic mass is 9.92. The average molecular weight is 749 g/mol. The van der Waals surface area contributed by atoms with Crippen molar-refractivity contribution in [1.29, 1.82) is 5.26 Å². The highest BCUT2D eigenvalue weighted by atomic mass is 19.3. The lowest BCUT2D eigenvalue weighted by Gasteiger charge is -2.23. The predicted molar refractivity (Wildman–Crippen MR) is 186 cm³/mol. The number of nitrogen functional groups attached to an aromatic ring is 1. The number of fused-ring (bicyclic) bond motifs is 2. The van der Waals surface area contributed by atoms with Crippen LogP contribution in [0.5, 0.6) is 0 Å². The number of alkyl halides is 4. The van der Waals surface area contributed by atoms with E-state index in [1.165, 1.54) is 37.6 Å². The van der Waals surface area contributed by atoms with Crippen molar-refractivity contribution in [1.82, 2.24) is 29.9 Å². The van der Waals surface area contributed by atoms with Gasteiger partial charge in [0.15, 0.2) is 5.82 Å². The number of benzene rings is 2. The normalized spacial score (nSPS) is 15.5. The number of rotatable bonds is 9. The summed E-state index contributed by atoms with van der Waals surface area (Å²) in [5.74, 6) is -2.09. The molecule has 16 heteroatoms. The average Bonchev–Trinajstić information content (AvgIpc) is 3.70. The Labute approximate surface area is 305 Å². The summed E-state index contributed by atoms with van der Waals surface area (Å²) in [5, 5.41) is 31.2. The van der Waals surface area contributed by atoms with Gasteiger partial charge in [-0.2, -0.15) is 24.2 Å². The number of hydrogen-bond acceptors (Lipinski definition) is 7. The molecule has 2 atom stereocenters. The van der Waals surface area contributed by atoms with Crippen molar-refractivity contribution >= 4 is 22.6 Å². The number of aliphatic hydroxyl groups is 1. The van der Waals surface area contributed by atoms with Crippen LogP contribution in [0.25, 0.3) is 22.0 Å². The molecule has 0 saturated heterocycles. The van der Waals surface area contributed by atoms with Crippen LogP contribution < -0.4 is 11.1 Å². The highest BCUT2D eigenvalue weighted by Crippen LogP contribution is 2.49. The maximum atomic E-state index is 15.6. The van der Waals surface area contributed by atoms with Gasteiger partial charge in [-0.1, -0.05) is 18.9 Å². The smallest absolute Gasteiger partial charge is 0.292 e. The van der Waals surface area contributed by atoms with E-state index in [4.69, 9.17) is 10.7 Å². The number of aryl methyl sites for hydroxylation is 1. The van der Waals surface area contributed by atoms with E-state index in [0.29, 0.717) is 32.8 Å². The number of amides is 1. The molecule has 2 aromatic carbocycles. The zero-order valence-corrected chi connectivity index (χ0v) is 29.5. The Hall–Kier alpha value is -5.87. The van der Waals surface area contributed by atoms with Gasteiger partial charge in [0, 0.05) is 35.7 Å². The van der Waals surface area contributed by atoms with E-state index in [0.717, 1.165) is 12.1 Å². The minimum Gasteiger partial charge on any atom is -0.382 e. The number of carbonyl (C=O) groups excluding carboxylic acids is 1. The number of pyridine rings is 1. The van der Waals surface area contributed by atoms with Crippen molar-refractivity contribution in [3.63, 3.8) is 0 Å². The Balaban J connectivity index is 1.52. The lowest BCUT2D eigenvalue weighted by molar-refractivity contribution is -0.123. The van der Waals surface area contributed by atoms with Crippen molar-refractivity contribution in [2.24, 2.45) is 13.0 Å². The van der Waals surface area contributed by atoms with Crippen molar-refractivity contribution in [2.45, 2.75) is 70.6 Å². The molecule has 0 saturated carbocycles. The number of nitrogens with one attached hydrogen (secondary N) is 1. The Morgan fingerprint density at radius 3 is 2.43 bits per heavy atom. The van der Waals surface area contributed by atoms with Crippen LogP contribution >= 0.6 is 0 Å². The summed E-state index contributed by atoms with van der Waals surface area (Å²) >= 11 is 0. The van der Waals surface area contributed by atoms with Crippen molar-refractivity contribution < 1.29 is 36.2 Å². The summed E-state index contributed by atoms with van der Waals surface area (Å²) in [6.07, 6.45) is -3.81. The number of anilines is 1. The van der Waals surface area contributed by atoms with E-state index in [-0.39, 0.29) is 53.2 Å². The minimum absolute atomic E-state index is 0.00507. The monoisotopic (exact) mass is 748 g/mol. The van der Waals surface area contributed by atoms with Crippen LogP contribution in [0.1, 0.15) is 79.1 Å². The zero-order chi connectivity index (χ0) is 39.3. The molecule has 3 aromatic heterocycles. The first kappa shape index (κ1) is 37.9. The number of aromatic nitrogens is 5. The second-order valence-corrected chi connectivity index (χ2v) is 13.6. The summed E-state index contributed by atoms with van der Waals surface area (Å²) < 4.78 is 90.2. The molecular weight excluding hydrogens is 714 g/mol. The molecule has 5 aromatic rings. The fraction of sp³-hybridized carbons (Fsp3) is 0.342. The summed E-state index contributed by atoms with van der Waals surface area (Å²) in [7, 11) is 1.60. The van der Waals surface area contributed by atoms with Crippen molar-refractivity contribution in [3.8, 4) is 29.0 Å². The van der Waals surface area contributed by atoms with E-state index in [9.17, 15) is 32.7 Å². The van der Waals surface area contributed by atoms with Crippen molar-refractivity contribution in [2.75, 3.05) is 5.73 Å². The molecule has 0 bridgehead atoms. The Morgan fingerprint density at radius 1 is 1.11 bits per heavy atom. The SMILES string of the molecule is CCC1Cc2c(C(F)F)nn(CC(=O)NC(Cc3cc(F)cc(F)c3)c3nc(C#CC(C)(C)O)ccc3-c3ccc(C#N)c4c(N)nn(C)c34)c2C1(F)F. The van der Waals surface area contributed by atoms with Crippen LogP contribution in [0.15, 0.2) is 42.5 Å². The van der Waals surface area contributed by atoms with E-state index < -0.39 is 65.4 Å². The summed E-state index contributed by atoms with van der Waals surface area (Å²) in [6.45, 7) is 3.52. The molecule has 2 unspecified atom stereocenters. The number of hydrogen-bond donors (Lipinski definition) is 3. The van der Waals surface area contributed by atoms with Gasteiger partial charge in [0.25, 0.3) is 12.3 Å². The van der Waals surface area contributed by atoms with Gasteiger partial charge in [-0.25, -0.2) is 22.5 Å². The lowest BCUT2D eigenvalue weighted by Crippen LogP contribution is -2.35. The van der Waals surface area contributed by atoms with Crippen LogP contribution in [-0.2, 0) is 37.2 Å². The molecule has 0 spiro atoms. The molecule has 280 valence electrons. The Kier molecular flexibility index (Phi) is 9.94. The third kappa shape index (κ3) is 7.21. The third-order valence-electron chi connectivity index (χ3n) is 9.23. The fourth-order valence-corrected chi connectivity index (χ4v) is 6.92. The van der Waals surface area contributed by atoms with E-state index in [1.807, 2.05) is 0 Å². The van der Waals surface area contributed by atoms with Gasteiger partial charge < -0.3 is 16.2 Å². The molecule has 0 fully saturated rings. The summed E-state index contributed by atoms with van der Waals surface area (Å²) in [5.41, 5.74) is 4.53. The molecule has 1 amide bonds. The number of nitrogens with zero attached hydrogens (tertiary/aromatic N) is 6. The van der Waals surface area contributed by atoms with Gasteiger partial charge in [-0.3, -0.25) is 14.2 Å².